The Morgan fingerprint density at radius 1 is 1.32 bits per heavy atom. The van der Waals surface area contributed by atoms with Crippen molar-refractivity contribution < 1.29 is 4.79 Å². The number of pyridine rings is 1. The first-order chi connectivity index (χ1) is 9.13. The fraction of sp³-hybridized carbons (Fsp3) is 0.571. The van der Waals surface area contributed by atoms with Crippen LogP contribution in [-0.4, -0.2) is 29.4 Å². The Morgan fingerprint density at radius 3 is 2.74 bits per heavy atom. The van der Waals surface area contributed by atoms with Crippen molar-refractivity contribution in [1.29, 1.82) is 0 Å². The van der Waals surface area contributed by atoms with Gasteiger partial charge in [-0.3, -0.25) is 4.79 Å². The van der Waals surface area contributed by atoms with Crippen molar-refractivity contribution >= 4 is 23.5 Å². The third-order valence-corrected chi connectivity index (χ3v) is 3.49. The molecular weight excluding hydrogens is 258 g/mol. The van der Waals surface area contributed by atoms with Gasteiger partial charge in [0.15, 0.2) is 0 Å². The van der Waals surface area contributed by atoms with Gasteiger partial charge < -0.3 is 11.1 Å². The Balaban J connectivity index is 2.24. The van der Waals surface area contributed by atoms with E-state index in [0.717, 1.165) is 18.7 Å². The van der Waals surface area contributed by atoms with Crippen molar-refractivity contribution in [2.75, 3.05) is 24.3 Å². The summed E-state index contributed by atoms with van der Waals surface area (Å²) in [6.45, 7) is 2.55. The molecular formula is C14H23N3OS. The summed E-state index contributed by atoms with van der Waals surface area (Å²) in [4.78, 5) is 15.9. The lowest BCUT2D eigenvalue weighted by Crippen LogP contribution is -2.24. The second-order valence-electron chi connectivity index (χ2n) is 4.58. The molecule has 0 saturated carbocycles. The zero-order chi connectivity index (χ0) is 14.1. The number of carbonyl (C=O) groups excluding carboxylic acids is 1. The molecule has 0 radical (unpaired) electrons. The predicted molar refractivity (Wildman–Crippen MR) is 82.6 cm³/mol. The van der Waals surface area contributed by atoms with Crippen LogP contribution in [0.25, 0.3) is 0 Å². The number of nitrogen functional groups attached to an aromatic ring is 1. The Hall–Kier alpha value is -1.23. The lowest BCUT2D eigenvalue weighted by atomic mass is 10.2. The molecule has 0 bridgehead atoms. The van der Waals surface area contributed by atoms with Gasteiger partial charge in [-0.15, -0.1) is 0 Å². The minimum Gasteiger partial charge on any atom is -0.384 e. The molecule has 1 aromatic rings. The maximum absolute atomic E-state index is 11.9. The van der Waals surface area contributed by atoms with Gasteiger partial charge in [0.05, 0.1) is 0 Å². The SMILES string of the molecule is CSCCCCCCNC(=O)c1cc(C)nc(N)c1. The number of nitrogens with zero attached hydrogens (tertiary/aromatic N) is 1. The molecule has 0 saturated heterocycles. The van der Waals surface area contributed by atoms with Gasteiger partial charge in [-0.25, -0.2) is 4.98 Å². The largest absolute Gasteiger partial charge is 0.384 e. The van der Waals surface area contributed by atoms with E-state index in [1.165, 1.54) is 25.0 Å². The van der Waals surface area contributed by atoms with E-state index in [-0.39, 0.29) is 5.91 Å². The summed E-state index contributed by atoms with van der Waals surface area (Å²) in [6.07, 6.45) is 6.81. The molecule has 106 valence electrons. The number of aryl methyl sites for hydroxylation is 1. The van der Waals surface area contributed by atoms with Crippen LogP contribution in [0.2, 0.25) is 0 Å². The lowest BCUT2D eigenvalue weighted by molar-refractivity contribution is 0.0953. The van der Waals surface area contributed by atoms with E-state index in [9.17, 15) is 4.79 Å². The summed E-state index contributed by atoms with van der Waals surface area (Å²) in [5.74, 6) is 1.55. The molecule has 1 aromatic heterocycles. The van der Waals surface area contributed by atoms with Crippen molar-refractivity contribution in [2.45, 2.75) is 32.6 Å². The Morgan fingerprint density at radius 2 is 2.05 bits per heavy atom. The van der Waals surface area contributed by atoms with E-state index in [0.29, 0.717) is 11.4 Å². The monoisotopic (exact) mass is 281 g/mol. The van der Waals surface area contributed by atoms with Crippen LogP contribution in [0.15, 0.2) is 12.1 Å². The minimum absolute atomic E-state index is 0.0682. The second kappa shape index (κ2) is 8.80. The quantitative estimate of drug-likeness (QED) is 0.719. The van der Waals surface area contributed by atoms with Gasteiger partial charge in [0.2, 0.25) is 0 Å². The number of thioether (sulfide) groups is 1. The van der Waals surface area contributed by atoms with Gasteiger partial charge in [0.1, 0.15) is 5.82 Å². The molecule has 0 spiro atoms. The Bertz CT molecular complexity index is 389. The van der Waals surface area contributed by atoms with E-state index in [1.807, 2.05) is 18.7 Å². The van der Waals surface area contributed by atoms with E-state index < -0.39 is 0 Å². The van der Waals surface area contributed by atoms with E-state index in [1.54, 1.807) is 12.1 Å². The van der Waals surface area contributed by atoms with E-state index in [2.05, 4.69) is 16.6 Å². The molecule has 0 atom stereocenters. The average Bonchev–Trinajstić information content (AvgIpc) is 2.36. The molecule has 19 heavy (non-hydrogen) atoms. The van der Waals surface area contributed by atoms with Crippen LogP contribution in [0.4, 0.5) is 5.82 Å². The second-order valence-corrected chi connectivity index (χ2v) is 5.57. The van der Waals surface area contributed by atoms with Gasteiger partial charge in [-0.2, -0.15) is 11.8 Å². The fourth-order valence-electron chi connectivity index (χ4n) is 1.85. The van der Waals surface area contributed by atoms with Crippen LogP contribution in [0, 0.1) is 6.92 Å². The third kappa shape index (κ3) is 6.47. The maximum Gasteiger partial charge on any atom is 0.251 e. The van der Waals surface area contributed by atoms with E-state index >= 15 is 0 Å². The molecule has 4 nitrogen and oxygen atoms in total. The van der Waals surface area contributed by atoms with Crippen LogP contribution in [0.5, 0.6) is 0 Å². The highest BCUT2D eigenvalue weighted by Gasteiger charge is 2.06. The Labute approximate surface area is 119 Å². The molecule has 0 aliphatic carbocycles. The zero-order valence-corrected chi connectivity index (χ0v) is 12.6. The molecule has 0 aliphatic rings. The molecule has 1 heterocycles. The molecule has 0 fully saturated rings. The van der Waals surface area contributed by atoms with Crippen LogP contribution in [-0.2, 0) is 0 Å². The van der Waals surface area contributed by atoms with Crippen molar-refractivity contribution in [1.82, 2.24) is 10.3 Å². The van der Waals surface area contributed by atoms with E-state index in [4.69, 9.17) is 5.73 Å². The molecule has 0 aromatic carbocycles. The smallest absolute Gasteiger partial charge is 0.251 e. The van der Waals surface area contributed by atoms with Crippen LogP contribution < -0.4 is 11.1 Å². The van der Waals surface area contributed by atoms with Crippen LogP contribution in [0.1, 0.15) is 41.7 Å². The standard InChI is InChI=1S/C14H23N3OS/c1-11-9-12(10-13(15)17-11)14(18)16-7-5-3-4-6-8-19-2/h9-10H,3-8H2,1-2H3,(H2,15,17)(H,16,18). The number of aromatic nitrogens is 1. The molecule has 0 aliphatic heterocycles. The first-order valence-corrected chi connectivity index (χ1v) is 8.04. The van der Waals surface area contributed by atoms with Gasteiger partial charge in [-0.05, 0) is 43.9 Å². The van der Waals surface area contributed by atoms with Gasteiger partial charge in [0, 0.05) is 17.8 Å². The van der Waals surface area contributed by atoms with Crippen LogP contribution in [0.3, 0.4) is 0 Å². The summed E-state index contributed by atoms with van der Waals surface area (Å²) >= 11 is 1.88. The molecule has 3 N–H and O–H groups in total. The summed E-state index contributed by atoms with van der Waals surface area (Å²) in [5.41, 5.74) is 6.98. The topological polar surface area (TPSA) is 68.0 Å². The number of hydrogen-bond donors (Lipinski definition) is 2. The molecule has 5 heteroatoms. The lowest BCUT2D eigenvalue weighted by Gasteiger charge is -2.06. The first kappa shape index (κ1) is 15.8. The van der Waals surface area contributed by atoms with Crippen molar-refractivity contribution in [3.63, 3.8) is 0 Å². The summed E-state index contributed by atoms with van der Waals surface area (Å²) < 4.78 is 0. The first-order valence-electron chi connectivity index (χ1n) is 6.65. The van der Waals surface area contributed by atoms with Crippen molar-refractivity contribution in [3.05, 3.63) is 23.4 Å². The Kier molecular flexibility index (Phi) is 7.33. The zero-order valence-electron chi connectivity index (χ0n) is 11.7. The average molecular weight is 281 g/mol. The summed E-state index contributed by atoms with van der Waals surface area (Å²) in [7, 11) is 0. The number of amides is 1. The van der Waals surface area contributed by atoms with Gasteiger partial charge in [0.25, 0.3) is 5.91 Å². The number of rotatable bonds is 8. The highest BCUT2D eigenvalue weighted by molar-refractivity contribution is 7.98. The van der Waals surface area contributed by atoms with Crippen LogP contribution >= 0.6 is 11.8 Å². The van der Waals surface area contributed by atoms with Crippen molar-refractivity contribution in [2.24, 2.45) is 0 Å². The highest BCUT2D eigenvalue weighted by atomic mass is 32.2. The normalized spacial score (nSPS) is 10.4. The number of carbonyl (C=O) groups is 1. The predicted octanol–water partition coefficient (Wildman–Crippen LogP) is 2.63. The molecule has 1 rings (SSSR count). The number of anilines is 1. The van der Waals surface area contributed by atoms with Crippen molar-refractivity contribution in [3.8, 4) is 0 Å². The van der Waals surface area contributed by atoms with Gasteiger partial charge in [-0.1, -0.05) is 12.8 Å². The summed E-state index contributed by atoms with van der Waals surface area (Å²) in [6, 6.07) is 3.37. The molecule has 0 unspecified atom stereocenters. The highest BCUT2D eigenvalue weighted by Crippen LogP contribution is 2.07. The summed E-state index contributed by atoms with van der Waals surface area (Å²) in [5, 5.41) is 2.92. The third-order valence-electron chi connectivity index (χ3n) is 2.80. The number of nitrogens with one attached hydrogen (secondary N) is 1. The maximum atomic E-state index is 11.9. The fourth-order valence-corrected chi connectivity index (χ4v) is 2.35. The number of hydrogen-bond acceptors (Lipinski definition) is 4. The number of nitrogens with two attached hydrogens (primary N) is 1. The minimum atomic E-state index is -0.0682. The number of unbranched alkanes of at least 4 members (excludes halogenated alkanes) is 3. The van der Waals surface area contributed by atoms with Gasteiger partial charge >= 0.3 is 0 Å². The molecule has 1 amide bonds.